The first-order valence-corrected chi connectivity index (χ1v) is 6.90. The van der Waals surface area contributed by atoms with E-state index in [1.54, 1.807) is 0 Å². The Morgan fingerprint density at radius 3 is 3.05 bits per heavy atom. The molecular weight excluding hydrogens is 260 g/mol. The molecule has 100 valence electrons. The monoisotopic (exact) mass is 276 g/mol. The van der Waals surface area contributed by atoms with Gasteiger partial charge >= 0.3 is 5.97 Å². The quantitative estimate of drug-likeness (QED) is 0.851. The average molecular weight is 276 g/mol. The van der Waals surface area contributed by atoms with Crippen LogP contribution in [0.25, 0.3) is 0 Å². The van der Waals surface area contributed by atoms with Crippen LogP contribution in [0, 0.1) is 6.92 Å². The fourth-order valence-electron chi connectivity index (χ4n) is 1.66. The molecular formula is C14H16N2O2S. The van der Waals surface area contributed by atoms with Crippen molar-refractivity contribution < 1.29 is 9.53 Å². The second-order valence-electron chi connectivity index (χ2n) is 4.21. The molecule has 4 nitrogen and oxygen atoms in total. The number of anilines is 2. The lowest BCUT2D eigenvalue weighted by Gasteiger charge is -2.02. The highest BCUT2D eigenvalue weighted by Crippen LogP contribution is 2.22. The van der Waals surface area contributed by atoms with E-state index in [0.717, 1.165) is 16.5 Å². The molecule has 0 spiro atoms. The predicted molar refractivity (Wildman–Crippen MR) is 76.9 cm³/mol. The second kappa shape index (κ2) is 6.33. The first-order chi connectivity index (χ1) is 9.17. The van der Waals surface area contributed by atoms with Crippen LogP contribution >= 0.6 is 11.3 Å². The molecule has 5 heteroatoms. The normalized spacial score (nSPS) is 10.2. The minimum atomic E-state index is -0.207. The van der Waals surface area contributed by atoms with Gasteiger partial charge in [-0.25, -0.2) is 4.98 Å². The number of carbonyl (C=O) groups is 1. The van der Waals surface area contributed by atoms with Gasteiger partial charge in [-0.15, -0.1) is 11.3 Å². The van der Waals surface area contributed by atoms with Crippen molar-refractivity contribution in [3.8, 4) is 0 Å². The summed E-state index contributed by atoms with van der Waals surface area (Å²) in [6, 6.07) is 8.12. The summed E-state index contributed by atoms with van der Waals surface area (Å²) in [4.78, 5) is 15.5. The van der Waals surface area contributed by atoms with Gasteiger partial charge in [0.15, 0.2) is 5.13 Å². The topological polar surface area (TPSA) is 51.2 Å². The van der Waals surface area contributed by atoms with Crippen LogP contribution in [-0.4, -0.2) is 18.1 Å². The number of esters is 1. The van der Waals surface area contributed by atoms with E-state index >= 15 is 0 Å². The van der Waals surface area contributed by atoms with Crippen molar-refractivity contribution in [1.29, 1.82) is 0 Å². The Bertz CT molecular complexity index is 566. The van der Waals surface area contributed by atoms with E-state index in [0.29, 0.717) is 12.8 Å². The maximum atomic E-state index is 11.1. The highest BCUT2D eigenvalue weighted by atomic mass is 32.1. The van der Waals surface area contributed by atoms with Crippen LogP contribution < -0.4 is 5.32 Å². The van der Waals surface area contributed by atoms with Gasteiger partial charge < -0.3 is 10.1 Å². The molecule has 0 unspecified atom stereocenters. The van der Waals surface area contributed by atoms with Gasteiger partial charge in [0.05, 0.1) is 19.2 Å². The van der Waals surface area contributed by atoms with Crippen molar-refractivity contribution in [2.75, 3.05) is 12.4 Å². The third-order valence-corrected chi connectivity index (χ3v) is 3.44. The number of ether oxygens (including phenoxy) is 1. The number of aryl methyl sites for hydroxylation is 2. The molecule has 0 aliphatic heterocycles. The molecule has 1 N–H and O–H groups in total. The SMILES string of the molecule is COC(=O)CCc1csc(Nc2cccc(C)c2)n1. The van der Waals surface area contributed by atoms with Crippen LogP contribution in [-0.2, 0) is 16.0 Å². The van der Waals surface area contributed by atoms with Crippen LogP contribution in [0.15, 0.2) is 29.6 Å². The molecule has 0 saturated heterocycles. The van der Waals surface area contributed by atoms with Gasteiger partial charge in [0, 0.05) is 17.5 Å². The van der Waals surface area contributed by atoms with Crippen molar-refractivity contribution in [2.24, 2.45) is 0 Å². The highest BCUT2D eigenvalue weighted by Gasteiger charge is 2.06. The van der Waals surface area contributed by atoms with Gasteiger partial charge in [-0.3, -0.25) is 4.79 Å². The summed E-state index contributed by atoms with van der Waals surface area (Å²) in [6.45, 7) is 2.05. The zero-order valence-corrected chi connectivity index (χ0v) is 11.8. The molecule has 0 aliphatic rings. The summed E-state index contributed by atoms with van der Waals surface area (Å²) in [5.41, 5.74) is 3.13. The number of hydrogen-bond acceptors (Lipinski definition) is 5. The van der Waals surface area contributed by atoms with Crippen LogP contribution in [0.4, 0.5) is 10.8 Å². The van der Waals surface area contributed by atoms with Crippen molar-refractivity contribution in [3.63, 3.8) is 0 Å². The van der Waals surface area contributed by atoms with Crippen molar-refractivity contribution in [1.82, 2.24) is 4.98 Å². The number of thiazole rings is 1. The van der Waals surface area contributed by atoms with E-state index < -0.39 is 0 Å². The van der Waals surface area contributed by atoms with E-state index in [4.69, 9.17) is 0 Å². The minimum absolute atomic E-state index is 0.207. The Hall–Kier alpha value is -1.88. The number of methoxy groups -OCH3 is 1. The maximum Gasteiger partial charge on any atom is 0.305 e. The van der Waals surface area contributed by atoms with E-state index in [9.17, 15) is 4.79 Å². The number of rotatable bonds is 5. The van der Waals surface area contributed by atoms with E-state index in [1.807, 2.05) is 17.5 Å². The largest absolute Gasteiger partial charge is 0.469 e. The van der Waals surface area contributed by atoms with Crippen LogP contribution in [0.5, 0.6) is 0 Å². The third kappa shape index (κ3) is 4.06. The zero-order valence-electron chi connectivity index (χ0n) is 11.0. The molecule has 1 heterocycles. The smallest absolute Gasteiger partial charge is 0.305 e. The Kier molecular flexibility index (Phi) is 4.52. The maximum absolute atomic E-state index is 11.1. The summed E-state index contributed by atoms with van der Waals surface area (Å²) >= 11 is 1.54. The molecule has 0 saturated carbocycles. The first kappa shape index (κ1) is 13.5. The molecule has 0 aliphatic carbocycles. The highest BCUT2D eigenvalue weighted by molar-refractivity contribution is 7.13. The Morgan fingerprint density at radius 2 is 2.32 bits per heavy atom. The van der Waals surface area contributed by atoms with Gasteiger partial charge in [0.1, 0.15) is 0 Å². The van der Waals surface area contributed by atoms with Crippen LogP contribution in [0.2, 0.25) is 0 Å². The number of nitrogens with zero attached hydrogens (tertiary/aromatic N) is 1. The van der Waals surface area contributed by atoms with E-state index in [-0.39, 0.29) is 5.97 Å². The molecule has 0 amide bonds. The zero-order chi connectivity index (χ0) is 13.7. The van der Waals surface area contributed by atoms with Crippen molar-refractivity contribution in [3.05, 3.63) is 40.9 Å². The number of carbonyl (C=O) groups excluding carboxylic acids is 1. The molecule has 1 aromatic carbocycles. The number of aromatic nitrogens is 1. The number of benzene rings is 1. The van der Waals surface area contributed by atoms with E-state index in [2.05, 4.69) is 34.1 Å². The summed E-state index contributed by atoms with van der Waals surface area (Å²) in [6.07, 6.45) is 0.975. The molecule has 0 fully saturated rings. The standard InChI is InChI=1S/C14H16N2O2S/c1-10-4-3-5-11(8-10)15-14-16-12(9-19-14)6-7-13(17)18-2/h3-5,8-9H,6-7H2,1-2H3,(H,15,16). The minimum Gasteiger partial charge on any atom is -0.469 e. The Labute approximate surface area is 116 Å². The molecule has 1 aromatic heterocycles. The first-order valence-electron chi connectivity index (χ1n) is 6.02. The van der Waals surface area contributed by atoms with Gasteiger partial charge in [-0.05, 0) is 24.6 Å². The molecule has 0 radical (unpaired) electrons. The summed E-state index contributed by atoms with van der Waals surface area (Å²) in [5, 5.41) is 6.06. The van der Waals surface area contributed by atoms with Crippen LogP contribution in [0.1, 0.15) is 17.7 Å². The summed E-state index contributed by atoms with van der Waals surface area (Å²) in [5.74, 6) is -0.207. The fourth-order valence-corrected chi connectivity index (χ4v) is 2.42. The summed E-state index contributed by atoms with van der Waals surface area (Å²) in [7, 11) is 1.40. The molecule has 2 aromatic rings. The lowest BCUT2D eigenvalue weighted by molar-refractivity contribution is -0.140. The number of hydrogen-bond donors (Lipinski definition) is 1. The second-order valence-corrected chi connectivity index (χ2v) is 5.07. The fraction of sp³-hybridized carbons (Fsp3) is 0.286. The van der Waals surface area contributed by atoms with Crippen molar-refractivity contribution >= 4 is 28.1 Å². The lowest BCUT2D eigenvalue weighted by Crippen LogP contribution is -2.02. The molecule has 2 rings (SSSR count). The third-order valence-electron chi connectivity index (χ3n) is 2.63. The molecule has 0 atom stereocenters. The van der Waals surface area contributed by atoms with Crippen LogP contribution in [0.3, 0.4) is 0 Å². The molecule has 19 heavy (non-hydrogen) atoms. The Balaban J connectivity index is 1.95. The number of nitrogens with one attached hydrogen (secondary N) is 1. The predicted octanol–water partition coefficient (Wildman–Crippen LogP) is 3.30. The lowest BCUT2D eigenvalue weighted by atomic mass is 10.2. The summed E-state index contributed by atoms with van der Waals surface area (Å²) < 4.78 is 4.61. The van der Waals surface area contributed by atoms with Gasteiger partial charge in [0.25, 0.3) is 0 Å². The van der Waals surface area contributed by atoms with Gasteiger partial charge in [0.2, 0.25) is 0 Å². The van der Waals surface area contributed by atoms with Gasteiger partial charge in [-0.2, -0.15) is 0 Å². The van der Waals surface area contributed by atoms with Crippen molar-refractivity contribution in [2.45, 2.75) is 19.8 Å². The Morgan fingerprint density at radius 1 is 1.47 bits per heavy atom. The van der Waals surface area contributed by atoms with Gasteiger partial charge in [-0.1, -0.05) is 12.1 Å². The average Bonchev–Trinajstić information content (AvgIpc) is 2.83. The molecule has 0 bridgehead atoms. The van der Waals surface area contributed by atoms with E-state index in [1.165, 1.54) is 24.0 Å².